The van der Waals surface area contributed by atoms with Gasteiger partial charge in [0.05, 0.1) is 24.0 Å². The summed E-state index contributed by atoms with van der Waals surface area (Å²) in [6.45, 7) is 8.27. The maximum absolute atomic E-state index is 12.4. The van der Waals surface area contributed by atoms with E-state index in [9.17, 15) is 4.79 Å². The molecule has 1 saturated heterocycles. The van der Waals surface area contributed by atoms with E-state index in [-0.39, 0.29) is 5.97 Å². The molecular weight excluding hydrogens is 326 g/mol. The lowest BCUT2D eigenvalue weighted by Crippen LogP contribution is -2.37. The van der Waals surface area contributed by atoms with E-state index in [2.05, 4.69) is 28.7 Å². The fourth-order valence-electron chi connectivity index (χ4n) is 3.29. The largest absolute Gasteiger partial charge is 0.462 e. The van der Waals surface area contributed by atoms with Crippen LogP contribution < -0.4 is 0 Å². The zero-order valence-electron chi connectivity index (χ0n) is 14.2. The summed E-state index contributed by atoms with van der Waals surface area (Å²) in [5.41, 5.74) is 1.78. The second kappa shape index (κ2) is 7.53. The molecule has 1 aliphatic heterocycles. The van der Waals surface area contributed by atoms with Gasteiger partial charge in [-0.05, 0) is 49.9 Å². The Bertz CT molecular complexity index is 705. The van der Waals surface area contributed by atoms with Crippen LogP contribution in [0.4, 0.5) is 0 Å². The van der Waals surface area contributed by atoms with Gasteiger partial charge in [-0.15, -0.1) is 0 Å². The lowest BCUT2D eigenvalue weighted by Gasteiger charge is -2.32. The molecule has 1 fully saturated rings. The van der Waals surface area contributed by atoms with Crippen molar-refractivity contribution in [2.75, 3.05) is 26.2 Å². The highest BCUT2D eigenvalue weighted by molar-refractivity contribution is 6.31. The molecule has 2 aromatic rings. The number of imidazole rings is 1. The van der Waals surface area contributed by atoms with Crippen molar-refractivity contribution in [3.8, 4) is 0 Å². The predicted molar refractivity (Wildman–Crippen MR) is 95.4 cm³/mol. The number of esters is 1. The molecule has 3 rings (SSSR count). The van der Waals surface area contributed by atoms with E-state index >= 15 is 0 Å². The average molecular weight is 350 g/mol. The first kappa shape index (κ1) is 17.2. The molecule has 0 aliphatic carbocycles. The summed E-state index contributed by atoms with van der Waals surface area (Å²) in [7, 11) is 0. The molecule has 0 unspecified atom stereocenters. The van der Waals surface area contributed by atoms with Crippen molar-refractivity contribution in [2.24, 2.45) is 11.8 Å². The second-order valence-corrected chi connectivity index (χ2v) is 7.42. The molecule has 1 N–H and O–H groups in total. The molecule has 0 radical (unpaired) electrons. The van der Waals surface area contributed by atoms with Gasteiger partial charge in [-0.1, -0.05) is 25.4 Å². The number of carbonyl (C=O) groups is 1. The number of benzene rings is 1. The second-order valence-electron chi connectivity index (χ2n) is 6.99. The lowest BCUT2D eigenvalue weighted by atomic mass is 9.97. The van der Waals surface area contributed by atoms with Gasteiger partial charge in [0.2, 0.25) is 0 Å². The van der Waals surface area contributed by atoms with Gasteiger partial charge in [0, 0.05) is 11.6 Å². The van der Waals surface area contributed by atoms with Crippen LogP contribution in [-0.4, -0.2) is 47.1 Å². The number of aromatic amines is 1. The van der Waals surface area contributed by atoms with Gasteiger partial charge in [-0.3, -0.25) is 0 Å². The first-order valence-electron chi connectivity index (χ1n) is 8.55. The zero-order valence-corrected chi connectivity index (χ0v) is 15.0. The van der Waals surface area contributed by atoms with E-state index in [1.165, 1.54) is 0 Å². The highest BCUT2D eigenvalue weighted by Gasteiger charge is 2.22. The number of piperidine rings is 1. The minimum absolute atomic E-state index is 0.348. The Balaban J connectivity index is 1.55. The highest BCUT2D eigenvalue weighted by atomic mass is 35.5. The lowest BCUT2D eigenvalue weighted by molar-refractivity contribution is 0.0369. The number of ether oxygens (including phenoxy) is 1. The summed E-state index contributed by atoms with van der Waals surface area (Å²) in [4.78, 5) is 22.1. The molecule has 1 aromatic heterocycles. The number of aromatic nitrogens is 2. The molecule has 130 valence electrons. The maximum Gasteiger partial charge on any atom is 0.340 e. The van der Waals surface area contributed by atoms with Crippen molar-refractivity contribution in [1.29, 1.82) is 0 Å². The molecule has 1 aliphatic rings. The third-order valence-corrected chi connectivity index (χ3v) is 4.71. The normalized spacial score (nSPS) is 16.8. The fraction of sp³-hybridized carbons (Fsp3) is 0.556. The number of likely N-dealkylation sites (tertiary alicyclic amines) is 1. The third-order valence-electron chi connectivity index (χ3n) is 4.49. The van der Waals surface area contributed by atoms with Gasteiger partial charge in [0.1, 0.15) is 5.52 Å². The van der Waals surface area contributed by atoms with Gasteiger partial charge in [-0.2, -0.15) is 0 Å². The summed E-state index contributed by atoms with van der Waals surface area (Å²) < 4.78 is 5.55. The Morgan fingerprint density at radius 3 is 2.88 bits per heavy atom. The third kappa shape index (κ3) is 4.08. The highest BCUT2D eigenvalue weighted by Crippen LogP contribution is 2.23. The molecule has 5 nitrogen and oxygen atoms in total. The van der Waals surface area contributed by atoms with Crippen LogP contribution >= 0.6 is 11.6 Å². The van der Waals surface area contributed by atoms with Gasteiger partial charge in [0.15, 0.2) is 0 Å². The van der Waals surface area contributed by atoms with Crippen LogP contribution in [0.1, 0.15) is 37.0 Å². The van der Waals surface area contributed by atoms with Gasteiger partial charge in [0.25, 0.3) is 0 Å². The van der Waals surface area contributed by atoms with Crippen LogP contribution in [0.5, 0.6) is 0 Å². The average Bonchev–Trinajstić information content (AvgIpc) is 3.00. The summed E-state index contributed by atoms with van der Waals surface area (Å²) in [5, 5.41) is 0.501. The number of nitrogens with zero attached hydrogens (tertiary/aromatic N) is 2. The fourth-order valence-corrected chi connectivity index (χ4v) is 3.51. The van der Waals surface area contributed by atoms with Crippen LogP contribution in [-0.2, 0) is 4.74 Å². The van der Waals surface area contributed by atoms with E-state index in [1.54, 1.807) is 18.5 Å². The first-order valence-corrected chi connectivity index (χ1v) is 8.93. The Morgan fingerprint density at radius 1 is 1.42 bits per heavy atom. The number of carbonyl (C=O) groups excluding carboxylic acids is 1. The monoisotopic (exact) mass is 349 g/mol. The van der Waals surface area contributed by atoms with E-state index in [0.29, 0.717) is 34.5 Å². The predicted octanol–water partition coefficient (Wildman–Crippen LogP) is 3.74. The molecule has 0 atom stereocenters. The van der Waals surface area contributed by atoms with E-state index in [0.717, 1.165) is 38.0 Å². The molecule has 24 heavy (non-hydrogen) atoms. The SMILES string of the molecule is CC(C)CN1CCC(COC(=O)c2cc(Cl)cc3[nH]cnc23)CC1. The molecule has 1 aromatic carbocycles. The summed E-state index contributed by atoms with van der Waals surface area (Å²) >= 11 is 6.07. The minimum atomic E-state index is -0.348. The van der Waals surface area contributed by atoms with Gasteiger partial charge in [-0.25, -0.2) is 9.78 Å². The number of nitrogens with one attached hydrogen (secondary N) is 1. The van der Waals surface area contributed by atoms with Crippen LogP contribution in [0.25, 0.3) is 11.0 Å². The molecule has 0 spiro atoms. The van der Waals surface area contributed by atoms with Crippen molar-refractivity contribution in [1.82, 2.24) is 14.9 Å². The summed E-state index contributed by atoms with van der Waals surface area (Å²) in [6, 6.07) is 3.38. The molecular formula is C18H24ClN3O2. The Hall–Kier alpha value is -1.59. The first-order chi connectivity index (χ1) is 11.5. The number of fused-ring (bicyclic) bond motifs is 1. The van der Waals surface area contributed by atoms with E-state index < -0.39 is 0 Å². The van der Waals surface area contributed by atoms with Crippen molar-refractivity contribution < 1.29 is 9.53 Å². The van der Waals surface area contributed by atoms with Crippen LogP contribution in [0.3, 0.4) is 0 Å². The van der Waals surface area contributed by atoms with E-state index in [4.69, 9.17) is 16.3 Å². The van der Waals surface area contributed by atoms with Crippen LogP contribution in [0, 0.1) is 11.8 Å². The van der Waals surface area contributed by atoms with Gasteiger partial charge < -0.3 is 14.6 Å². The smallest absolute Gasteiger partial charge is 0.340 e. The number of H-pyrrole nitrogens is 1. The Kier molecular flexibility index (Phi) is 5.41. The number of rotatable bonds is 5. The molecule has 0 amide bonds. The van der Waals surface area contributed by atoms with E-state index in [1.807, 2.05) is 0 Å². The van der Waals surface area contributed by atoms with Crippen molar-refractivity contribution in [3.63, 3.8) is 0 Å². The van der Waals surface area contributed by atoms with Crippen molar-refractivity contribution in [3.05, 3.63) is 29.0 Å². The summed E-state index contributed by atoms with van der Waals surface area (Å²) in [5.74, 6) is 0.781. The zero-order chi connectivity index (χ0) is 17.1. The Morgan fingerprint density at radius 2 is 2.17 bits per heavy atom. The maximum atomic E-state index is 12.4. The Labute approximate surface area is 147 Å². The minimum Gasteiger partial charge on any atom is -0.462 e. The molecule has 0 saturated carbocycles. The molecule has 0 bridgehead atoms. The van der Waals surface area contributed by atoms with Gasteiger partial charge >= 0.3 is 5.97 Å². The summed E-state index contributed by atoms with van der Waals surface area (Å²) in [6.07, 6.45) is 3.71. The van der Waals surface area contributed by atoms with Crippen LogP contribution in [0.2, 0.25) is 5.02 Å². The quantitative estimate of drug-likeness (QED) is 0.835. The number of hydrogen-bond acceptors (Lipinski definition) is 4. The number of hydrogen-bond donors (Lipinski definition) is 1. The van der Waals surface area contributed by atoms with Crippen molar-refractivity contribution >= 4 is 28.6 Å². The topological polar surface area (TPSA) is 58.2 Å². The molecule has 6 heteroatoms. The molecule has 2 heterocycles. The van der Waals surface area contributed by atoms with Crippen LogP contribution in [0.15, 0.2) is 18.5 Å². The van der Waals surface area contributed by atoms with Crippen molar-refractivity contribution in [2.45, 2.75) is 26.7 Å². The number of halogens is 1. The standard InChI is InChI=1S/C18H24ClN3O2/c1-12(2)9-22-5-3-13(4-6-22)10-24-18(23)15-7-14(19)8-16-17(15)21-11-20-16/h7-8,11-13H,3-6,9-10H2,1-2H3,(H,20,21).